The summed E-state index contributed by atoms with van der Waals surface area (Å²) in [6.07, 6.45) is 2.54. The zero-order chi connectivity index (χ0) is 23.4. The summed E-state index contributed by atoms with van der Waals surface area (Å²) in [4.78, 5) is 16.3. The summed E-state index contributed by atoms with van der Waals surface area (Å²) in [5.74, 6) is 0. The van der Waals surface area contributed by atoms with Crippen LogP contribution in [0.15, 0.2) is 48.1 Å². The Morgan fingerprint density at radius 1 is 1.25 bits per heavy atom. The second-order valence-corrected chi connectivity index (χ2v) is 8.80. The lowest BCUT2D eigenvalue weighted by atomic mass is 9.77. The maximum absolute atomic E-state index is 12.3. The number of halogens is 1. The molecule has 7 nitrogen and oxygen atoms in total. The molecule has 2 aromatic rings. The van der Waals surface area contributed by atoms with Gasteiger partial charge in [-0.25, -0.2) is 9.78 Å². The van der Waals surface area contributed by atoms with E-state index in [1.165, 1.54) is 6.20 Å². The van der Waals surface area contributed by atoms with E-state index in [1.54, 1.807) is 12.1 Å². The smallest absolute Gasteiger partial charge is 0.445 e. The van der Waals surface area contributed by atoms with Gasteiger partial charge in [0, 0.05) is 18.3 Å². The molecule has 0 saturated carbocycles. The van der Waals surface area contributed by atoms with Crippen LogP contribution in [0.25, 0.3) is 6.08 Å². The Bertz CT molecular complexity index is 1030. The van der Waals surface area contributed by atoms with Crippen molar-refractivity contribution in [2.75, 3.05) is 6.54 Å². The van der Waals surface area contributed by atoms with Crippen LogP contribution in [0, 0.1) is 11.3 Å². The van der Waals surface area contributed by atoms with E-state index in [0.29, 0.717) is 16.6 Å². The molecule has 0 aliphatic carbocycles. The third kappa shape index (κ3) is 5.68. The topological polar surface area (TPSA) is 93.5 Å². The van der Waals surface area contributed by atoms with Crippen LogP contribution in [0.2, 0.25) is 5.15 Å². The van der Waals surface area contributed by atoms with Gasteiger partial charge in [-0.2, -0.15) is 5.26 Å². The van der Waals surface area contributed by atoms with Crippen LogP contribution in [0.4, 0.5) is 4.79 Å². The number of carbonyl (C=O) groups excluding carboxylic acids is 1. The summed E-state index contributed by atoms with van der Waals surface area (Å²) in [5, 5.41) is 12.1. The number of nitrogens with one attached hydrogen (secondary N) is 1. The van der Waals surface area contributed by atoms with E-state index in [9.17, 15) is 10.1 Å². The Morgan fingerprint density at radius 2 is 1.91 bits per heavy atom. The fraction of sp³-hybridized carbons (Fsp3) is 0.348. The van der Waals surface area contributed by atoms with Crippen molar-refractivity contribution in [2.24, 2.45) is 0 Å². The van der Waals surface area contributed by atoms with Crippen LogP contribution < -0.4 is 5.32 Å². The highest BCUT2D eigenvalue weighted by Crippen LogP contribution is 2.39. The molecule has 3 rings (SSSR count). The first kappa shape index (κ1) is 23.8. The van der Waals surface area contributed by atoms with E-state index < -0.39 is 24.4 Å². The van der Waals surface area contributed by atoms with Gasteiger partial charge in [0.05, 0.1) is 16.8 Å². The number of hydrogen-bond acceptors (Lipinski definition) is 6. The number of nitrogens with zero attached hydrogens (tertiary/aromatic N) is 2. The van der Waals surface area contributed by atoms with Gasteiger partial charge < -0.3 is 19.4 Å². The van der Waals surface area contributed by atoms with Crippen molar-refractivity contribution in [2.45, 2.75) is 45.5 Å². The summed E-state index contributed by atoms with van der Waals surface area (Å²) in [6, 6.07) is 13.1. The minimum atomic E-state index is -0.726. The number of rotatable bonds is 6. The van der Waals surface area contributed by atoms with Crippen LogP contribution in [-0.4, -0.2) is 35.9 Å². The number of benzene rings is 1. The fourth-order valence-electron chi connectivity index (χ4n) is 2.97. The molecule has 0 unspecified atom stereocenters. The highest BCUT2D eigenvalue weighted by atomic mass is 35.5. The van der Waals surface area contributed by atoms with Gasteiger partial charge in [0.25, 0.3) is 0 Å². The second kappa shape index (κ2) is 9.74. The Balaban J connectivity index is 1.78. The van der Waals surface area contributed by atoms with Gasteiger partial charge in [-0.15, -0.1) is 0 Å². The van der Waals surface area contributed by atoms with Gasteiger partial charge in [0.15, 0.2) is 0 Å². The van der Waals surface area contributed by atoms with Crippen LogP contribution >= 0.6 is 11.6 Å². The summed E-state index contributed by atoms with van der Waals surface area (Å²) in [6.45, 7) is 8.02. The van der Waals surface area contributed by atoms with Gasteiger partial charge in [-0.1, -0.05) is 48.0 Å². The van der Waals surface area contributed by atoms with Gasteiger partial charge in [0.1, 0.15) is 17.8 Å². The number of aromatic nitrogens is 1. The lowest BCUT2D eigenvalue weighted by Gasteiger charge is -2.32. The molecular formula is C23H25BClN3O4. The minimum absolute atomic E-state index is 0.0948. The first-order chi connectivity index (χ1) is 15.1. The Labute approximate surface area is 193 Å². The third-order valence-electron chi connectivity index (χ3n) is 5.54. The number of ether oxygens (including phenoxy) is 1. The number of carbonyl (C=O) groups is 1. The molecule has 1 aliphatic heterocycles. The molecule has 9 heteroatoms. The van der Waals surface area contributed by atoms with E-state index >= 15 is 0 Å². The first-order valence-electron chi connectivity index (χ1n) is 10.2. The molecule has 0 bridgehead atoms. The summed E-state index contributed by atoms with van der Waals surface area (Å²) in [5.41, 5.74) is 1.25. The maximum atomic E-state index is 12.3. The standard InChI is InChI=1S/C23H25BClN3O4/c1-22(2)23(3,4)32-24(31-22)19(11-18-10-17(12-26)13-27-20(18)25)14-28-21(29)30-15-16-8-6-5-7-9-16/h5-11,13H,14-15H2,1-4H3,(H,28,29). The van der Waals surface area contributed by atoms with E-state index in [4.69, 9.17) is 25.6 Å². The van der Waals surface area contributed by atoms with Crippen LogP contribution in [0.1, 0.15) is 44.4 Å². The lowest BCUT2D eigenvalue weighted by Crippen LogP contribution is -2.41. The van der Waals surface area contributed by atoms with Crippen molar-refractivity contribution in [3.8, 4) is 6.07 Å². The zero-order valence-corrected chi connectivity index (χ0v) is 19.3. The molecule has 0 spiro atoms. The number of hydrogen-bond donors (Lipinski definition) is 1. The molecule has 166 valence electrons. The molecule has 32 heavy (non-hydrogen) atoms. The Hall–Kier alpha value is -2.86. The largest absolute Gasteiger partial charge is 0.492 e. The predicted molar refractivity (Wildman–Crippen MR) is 123 cm³/mol. The number of amides is 1. The molecule has 1 N–H and O–H groups in total. The van der Waals surface area contributed by atoms with E-state index in [2.05, 4.69) is 10.3 Å². The quantitative estimate of drug-likeness (QED) is 0.509. The molecule has 1 aromatic heterocycles. The van der Waals surface area contributed by atoms with Crippen molar-refractivity contribution >= 4 is 30.9 Å². The molecule has 1 aliphatic rings. The summed E-state index contributed by atoms with van der Waals surface area (Å²) >= 11 is 6.24. The zero-order valence-electron chi connectivity index (χ0n) is 18.5. The average Bonchev–Trinajstić information content (AvgIpc) is 2.98. The maximum Gasteiger partial charge on any atom is 0.492 e. The SMILES string of the molecule is CC1(C)OB(C(=Cc2cc(C#N)cnc2Cl)CNC(=O)OCc2ccccc2)OC1(C)C. The monoisotopic (exact) mass is 453 g/mol. The molecule has 1 amide bonds. The van der Waals surface area contributed by atoms with Crippen molar-refractivity contribution in [3.63, 3.8) is 0 Å². The molecule has 2 heterocycles. The Kier molecular flexibility index (Phi) is 7.24. The van der Waals surface area contributed by atoms with Crippen molar-refractivity contribution in [3.05, 3.63) is 69.9 Å². The molecule has 1 fully saturated rings. The number of alkyl carbamates (subject to hydrolysis) is 1. The van der Waals surface area contributed by atoms with Gasteiger partial charge >= 0.3 is 13.2 Å². The van der Waals surface area contributed by atoms with Gasteiger partial charge in [0.2, 0.25) is 0 Å². The normalized spacial score (nSPS) is 17.0. The van der Waals surface area contributed by atoms with Crippen molar-refractivity contribution < 1.29 is 18.8 Å². The number of pyridine rings is 1. The first-order valence-corrected chi connectivity index (χ1v) is 10.6. The van der Waals surface area contributed by atoms with Crippen molar-refractivity contribution in [1.29, 1.82) is 5.26 Å². The van der Waals surface area contributed by atoms with E-state index in [-0.39, 0.29) is 18.3 Å². The molecule has 0 atom stereocenters. The minimum Gasteiger partial charge on any atom is -0.445 e. The van der Waals surface area contributed by atoms with E-state index in [1.807, 2.05) is 64.1 Å². The van der Waals surface area contributed by atoms with Crippen LogP contribution in [-0.2, 0) is 20.7 Å². The lowest BCUT2D eigenvalue weighted by molar-refractivity contribution is 0.00578. The second-order valence-electron chi connectivity index (χ2n) is 8.44. The fourth-order valence-corrected chi connectivity index (χ4v) is 3.13. The highest BCUT2D eigenvalue weighted by Gasteiger charge is 2.52. The van der Waals surface area contributed by atoms with Crippen LogP contribution in [0.5, 0.6) is 0 Å². The average molecular weight is 454 g/mol. The predicted octanol–water partition coefficient (Wildman–Crippen LogP) is 4.55. The van der Waals surface area contributed by atoms with E-state index in [0.717, 1.165) is 5.56 Å². The van der Waals surface area contributed by atoms with Gasteiger partial charge in [-0.05, 0) is 44.8 Å². The molecular weight excluding hydrogens is 429 g/mol. The van der Waals surface area contributed by atoms with Gasteiger partial charge in [-0.3, -0.25) is 0 Å². The molecule has 1 saturated heterocycles. The molecule has 0 radical (unpaired) electrons. The number of nitriles is 1. The summed E-state index contributed by atoms with van der Waals surface area (Å²) in [7, 11) is -0.726. The third-order valence-corrected chi connectivity index (χ3v) is 5.86. The Morgan fingerprint density at radius 3 is 2.53 bits per heavy atom. The highest BCUT2D eigenvalue weighted by molar-refractivity contribution is 6.56. The molecule has 1 aromatic carbocycles. The summed E-state index contributed by atoms with van der Waals surface area (Å²) < 4.78 is 17.6. The van der Waals surface area contributed by atoms with Crippen molar-refractivity contribution in [1.82, 2.24) is 10.3 Å². The van der Waals surface area contributed by atoms with Crippen LogP contribution in [0.3, 0.4) is 0 Å².